The molecule has 2 aromatic rings. The van der Waals surface area contributed by atoms with Crippen molar-refractivity contribution in [2.45, 2.75) is 18.9 Å². The van der Waals surface area contributed by atoms with Gasteiger partial charge in [0.05, 0.1) is 6.20 Å². The Hall–Kier alpha value is -2.55. The summed E-state index contributed by atoms with van der Waals surface area (Å²) in [5.74, 6) is -0.541. The quantitative estimate of drug-likeness (QED) is 0.862. The first-order valence-electron chi connectivity index (χ1n) is 7.45. The maximum absolute atomic E-state index is 12.6. The molecule has 0 saturated carbocycles. The number of amides is 1. The maximum atomic E-state index is 12.6. The van der Waals surface area contributed by atoms with Crippen LogP contribution in [0.1, 0.15) is 17.2 Å². The van der Waals surface area contributed by atoms with Crippen molar-refractivity contribution in [3.05, 3.63) is 47.8 Å². The third kappa shape index (κ3) is 5.21. The Bertz CT molecular complexity index is 730. The Morgan fingerprint density at radius 1 is 1.44 bits per heavy atom. The standard InChI is InChI=1S/C16H19F3N4O2/c1-20-14(12-8-21-23(3)10-12)15(24)22(2)9-11-5-4-6-13(7-11)25-16(17,18)19/h4-8,10,14,20H,9H2,1-3H3. The van der Waals surface area contributed by atoms with Crippen LogP contribution in [-0.2, 0) is 18.4 Å². The van der Waals surface area contributed by atoms with Gasteiger partial charge in [0.1, 0.15) is 11.8 Å². The Balaban J connectivity index is 2.09. The van der Waals surface area contributed by atoms with Crippen LogP contribution < -0.4 is 10.1 Å². The lowest BCUT2D eigenvalue weighted by atomic mass is 10.1. The fraction of sp³-hybridized carbons (Fsp3) is 0.375. The number of likely N-dealkylation sites (N-methyl/N-ethyl adjacent to an activating group) is 2. The van der Waals surface area contributed by atoms with Gasteiger partial charge in [-0.25, -0.2) is 0 Å². The molecule has 1 unspecified atom stereocenters. The molecule has 0 saturated heterocycles. The van der Waals surface area contributed by atoms with Crippen molar-refractivity contribution in [1.82, 2.24) is 20.0 Å². The van der Waals surface area contributed by atoms with Crippen LogP contribution in [0.15, 0.2) is 36.7 Å². The number of hydrogen-bond acceptors (Lipinski definition) is 4. The van der Waals surface area contributed by atoms with E-state index in [9.17, 15) is 18.0 Å². The molecule has 6 nitrogen and oxygen atoms in total. The molecule has 1 amide bonds. The van der Waals surface area contributed by atoms with Crippen LogP contribution in [-0.4, -0.2) is 41.0 Å². The van der Waals surface area contributed by atoms with Crippen molar-refractivity contribution in [3.8, 4) is 5.75 Å². The molecule has 1 atom stereocenters. The molecule has 1 heterocycles. The normalized spacial score (nSPS) is 12.7. The maximum Gasteiger partial charge on any atom is 0.573 e. The van der Waals surface area contributed by atoms with Crippen LogP contribution >= 0.6 is 0 Å². The van der Waals surface area contributed by atoms with Gasteiger partial charge >= 0.3 is 6.36 Å². The van der Waals surface area contributed by atoms with E-state index in [4.69, 9.17) is 0 Å². The van der Waals surface area contributed by atoms with E-state index >= 15 is 0 Å². The molecular weight excluding hydrogens is 337 g/mol. The molecule has 0 aliphatic rings. The highest BCUT2D eigenvalue weighted by molar-refractivity contribution is 5.82. The number of ether oxygens (including phenoxy) is 1. The molecule has 0 radical (unpaired) electrons. The van der Waals surface area contributed by atoms with E-state index in [-0.39, 0.29) is 18.2 Å². The molecule has 25 heavy (non-hydrogen) atoms. The van der Waals surface area contributed by atoms with Gasteiger partial charge in [-0.15, -0.1) is 13.2 Å². The fourth-order valence-electron chi connectivity index (χ4n) is 2.44. The third-order valence-electron chi connectivity index (χ3n) is 3.52. The molecule has 2 rings (SSSR count). The number of halogens is 3. The number of benzene rings is 1. The van der Waals surface area contributed by atoms with Gasteiger partial charge in [0.25, 0.3) is 0 Å². The second kappa shape index (κ2) is 7.56. The minimum atomic E-state index is -4.75. The number of nitrogens with one attached hydrogen (secondary N) is 1. The highest BCUT2D eigenvalue weighted by Gasteiger charge is 2.31. The van der Waals surface area contributed by atoms with E-state index in [1.165, 1.54) is 23.1 Å². The summed E-state index contributed by atoms with van der Waals surface area (Å²) >= 11 is 0. The Morgan fingerprint density at radius 3 is 2.72 bits per heavy atom. The average molecular weight is 356 g/mol. The van der Waals surface area contributed by atoms with Crippen LogP contribution in [0.25, 0.3) is 0 Å². The average Bonchev–Trinajstić information content (AvgIpc) is 2.92. The zero-order chi connectivity index (χ0) is 18.6. The van der Waals surface area contributed by atoms with Crippen LogP contribution in [0.4, 0.5) is 13.2 Å². The van der Waals surface area contributed by atoms with E-state index in [0.717, 1.165) is 0 Å². The Labute approximate surface area is 143 Å². The summed E-state index contributed by atoms with van der Waals surface area (Å²) in [6, 6.07) is 4.96. The number of rotatable bonds is 6. The van der Waals surface area contributed by atoms with Gasteiger partial charge < -0.3 is 15.0 Å². The lowest BCUT2D eigenvalue weighted by Gasteiger charge is -2.23. The monoisotopic (exact) mass is 356 g/mol. The van der Waals surface area contributed by atoms with Crippen molar-refractivity contribution in [3.63, 3.8) is 0 Å². The summed E-state index contributed by atoms with van der Waals surface area (Å²) in [6.07, 6.45) is -1.44. The molecular formula is C16H19F3N4O2. The predicted molar refractivity (Wildman–Crippen MR) is 84.6 cm³/mol. The second-order valence-electron chi connectivity index (χ2n) is 5.56. The minimum absolute atomic E-state index is 0.145. The van der Waals surface area contributed by atoms with E-state index in [1.807, 2.05) is 0 Å². The lowest BCUT2D eigenvalue weighted by molar-refractivity contribution is -0.274. The molecule has 0 aliphatic heterocycles. The Kier molecular flexibility index (Phi) is 5.68. The van der Waals surface area contributed by atoms with E-state index in [0.29, 0.717) is 11.1 Å². The zero-order valence-corrected chi connectivity index (χ0v) is 14.0. The molecule has 0 aliphatic carbocycles. The van der Waals surface area contributed by atoms with Gasteiger partial charge in [0, 0.05) is 32.4 Å². The lowest BCUT2D eigenvalue weighted by Crippen LogP contribution is -2.37. The first-order chi connectivity index (χ1) is 11.7. The predicted octanol–water partition coefficient (Wildman–Crippen LogP) is 2.24. The van der Waals surface area contributed by atoms with Gasteiger partial charge in [-0.2, -0.15) is 5.10 Å². The minimum Gasteiger partial charge on any atom is -0.406 e. The summed E-state index contributed by atoms with van der Waals surface area (Å²) in [5, 5.41) is 6.96. The first-order valence-corrected chi connectivity index (χ1v) is 7.45. The summed E-state index contributed by atoms with van der Waals surface area (Å²) < 4.78 is 42.4. The molecule has 0 spiro atoms. The van der Waals surface area contributed by atoms with Gasteiger partial charge in [-0.3, -0.25) is 9.48 Å². The zero-order valence-electron chi connectivity index (χ0n) is 14.0. The van der Waals surface area contributed by atoms with Crippen molar-refractivity contribution in [2.24, 2.45) is 7.05 Å². The smallest absolute Gasteiger partial charge is 0.406 e. The largest absolute Gasteiger partial charge is 0.573 e. The van der Waals surface area contributed by atoms with E-state index in [1.54, 1.807) is 44.3 Å². The number of carbonyl (C=O) groups excluding carboxylic acids is 1. The van der Waals surface area contributed by atoms with Crippen LogP contribution in [0, 0.1) is 0 Å². The van der Waals surface area contributed by atoms with Crippen molar-refractivity contribution < 1.29 is 22.7 Å². The van der Waals surface area contributed by atoms with Crippen LogP contribution in [0.2, 0.25) is 0 Å². The number of carbonyl (C=O) groups is 1. The molecule has 0 fully saturated rings. The van der Waals surface area contributed by atoms with Crippen LogP contribution in [0.5, 0.6) is 5.75 Å². The fourth-order valence-corrected chi connectivity index (χ4v) is 2.44. The molecule has 1 aromatic heterocycles. The van der Waals surface area contributed by atoms with Crippen molar-refractivity contribution >= 4 is 5.91 Å². The molecule has 1 N–H and O–H groups in total. The Morgan fingerprint density at radius 2 is 2.16 bits per heavy atom. The number of alkyl halides is 3. The summed E-state index contributed by atoms with van der Waals surface area (Å²) in [4.78, 5) is 14.0. The van der Waals surface area contributed by atoms with Crippen LogP contribution in [0.3, 0.4) is 0 Å². The highest BCUT2D eigenvalue weighted by atomic mass is 19.4. The summed E-state index contributed by atoms with van der Waals surface area (Å²) in [7, 11) is 4.98. The van der Waals surface area contributed by atoms with Gasteiger partial charge in [0.2, 0.25) is 5.91 Å². The van der Waals surface area contributed by atoms with Gasteiger partial charge in [-0.1, -0.05) is 12.1 Å². The van der Waals surface area contributed by atoms with E-state index < -0.39 is 12.4 Å². The highest BCUT2D eigenvalue weighted by Crippen LogP contribution is 2.24. The molecule has 136 valence electrons. The molecule has 9 heteroatoms. The summed E-state index contributed by atoms with van der Waals surface area (Å²) in [5.41, 5.74) is 1.23. The van der Waals surface area contributed by atoms with Gasteiger partial charge in [-0.05, 0) is 24.7 Å². The number of hydrogen-bond donors (Lipinski definition) is 1. The summed E-state index contributed by atoms with van der Waals surface area (Å²) in [6.45, 7) is 0.145. The third-order valence-corrected chi connectivity index (χ3v) is 3.52. The second-order valence-corrected chi connectivity index (χ2v) is 5.56. The van der Waals surface area contributed by atoms with Crippen molar-refractivity contribution in [2.75, 3.05) is 14.1 Å². The SMILES string of the molecule is CNC(C(=O)N(C)Cc1cccc(OC(F)(F)F)c1)c1cnn(C)c1. The number of aryl methyl sites for hydroxylation is 1. The first kappa shape index (κ1) is 18.8. The van der Waals surface area contributed by atoms with Gasteiger partial charge in [0.15, 0.2) is 0 Å². The van der Waals surface area contributed by atoms with E-state index in [2.05, 4.69) is 15.2 Å². The van der Waals surface area contributed by atoms with Crippen molar-refractivity contribution in [1.29, 1.82) is 0 Å². The molecule has 0 bridgehead atoms. The topological polar surface area (TPSA) is 59.4 Å². The number of nitrogens with zero attached hydrogens (tertiary/aromatic N) is 3. The molecule has 1 aromatic carbocycles. The number of aromatic nitrogens is 2.